The summed E-state index contributed by atoms with van der Waals surface area (Å²) in [6.07, 6.45) is -4.35. The number of furan rings is 1. The second-order valence-corrected chi connectivity index (χ2v) is 5.74. The molecule has 0 spiro atoms. The Morgan fingerprint density at radius 2 is 2.04 bits per heavy atom. The molecular formula is C14H12ClF4N3O2. The van der Waals surface area contributed by atoms with Gasteiger partial charge in [0.1, 0.15) is 17.1 Å². The molecule has 2 heterocycles. The number of halogens is 5. The van der Waals surface area contributed by atoms with Gasteiger partial charge in [-0.1, -0.05) is 11.6 Å². The summed E-state index contributed by atoms with van der Waals surface area (Å²) in [6, 6.07) is 2.91. The Labute approximate surface area is 138 Å². The molecule has 1 N–H and O–H groups in total. The first kappa shape index (κ1) is 16.8. The van der Waals surface area contributed by atoms with Crippen LogP contribution in [0.15, 0.2) is 16.5 Å². The van der Waals surface area contributed by atoms with Crippen molar-refractivity contribution >= 4 is 17.5 Å². The highest BCUT2D eigenvalue weighted by atomic mass is 35.5. The minimum Gasteiger partial charge on any atom is -0.454 e. The van der Waals surface area contributed by atoms with Crippen LogP contribution in [0, 0.1) is 0 Å². The minimum absolute atomic E-state index is 0.0165. The molecule has 1 amide bonds. The normalized spacial score (nSPS) is 14.6. The molecular weight excluding hydrogens is 354 g/mol. The fraction of sp³-hybridized carbons (Fsp3) is 0.429. The molecule has 10 heteroatoms. The van der Waals surface area contributed by atoms with E-state index in [1.54, 1.807) is 0 Å². The molecule has 0 bridgehead atoms. The zero-order chi connectivity index (χ0) is 17.4. The van der Waals surface area contributed by atoms with E-state index < -0.39 is 35.2 Å². The van der Waals surface area contributed by atoms with Gasteiger partial charge in [0.2, 0.25) is 0 Å². The van der Waals surface area contributed by atoms with Crippen LogP contribution in [0.25, 0.3) is 0 Å². The predicted molar refractivity (Wildman–Crippen MR) is 75.4 cm³/mol. The molecule has 1 fully saturated rings. The number of alkyl halides is 4. The lowest BCUT2D eigenvalue weighted by Gasteiger charge is -2.05. The molecule has 0 radical (unpaired) electrons. The molecule has 1 aliphatic carbocycles. The summed E-state index contributed by atoms with van der Waals surface area (Å²) in [5, 5.41) is 5.38. The van der Waals surface area contributed by atoms with E-state index in [4.69, 9.17) is 16.0 Å². The second kappa shape index (κ2) is 6.46. The molecule has 0 aromatic carbocycles. The highest BCUT2D eigenvalue weighted by Gasteiger charge is 2.29. The van der Waals surface area contributed by atoms with Crippen LogP contribution in [0.1, 0.15) is 53.4 Å². The number of carbonyl (C=O) groups is 1. The summed E-state index contributed by atoms with van der Waals surface area (Å²) >= 11 is 5.57. The average molecular weight is 366 g/mol. The van der Waals surface area contributed by atoms with E-state index in [1.165, 1.54) is 12.1 Å². The average Bonchev–Trinajstić information content (AvgIpc) is 3.07. The third-order valence-electron chi connectivity index (χ3n) is 3.47. The Bertz CT molecular complexity index is 755. The van der Waals surface area contributed by atoms with E-state index in [0.29, 0.717) is 4.68 Å². The monoisotopic (exact) mass is 365 g/mol. The van der Waals surface area contributed by atoms with Gasteiger partial charge < -0.3 is 9.73 Å². The number of nitrogens with zero attached hydrogens (tertiary/aromatic N) is 2. The van der Waals surface area contributed by atoms with Gasteiger partial charge in [0.15, 0.2) is 5.76 Å². The quantitative estimate of drug-likeness (QED) is 0.789. The Morgan fingerprint density at radius 3 is 2.62 bits per heavy atom. The third kappa shape index (κ3) is 3.40. The SMILES string of the molecule is O=C(NC1CC1)c1ccc(Cn2nc(C(F)F)c(Cl)c2C(F)F)o1. The maximum Gasteiger partial charge on any atom is 0.287 e. The van der Waals surface area contributed by atoms with E-state index in [1.807, 2.05) is 0 Å². The molecule has 0 aliphatic heterocycles. The van der Waals surface area contributed by atoms with Gasteiger partial charge in [-0.2, -0.15) is 5.10 Å². The number of aromatic nitrogens is 2. The smallest absolute Gasteiger partial charge is 0.287 e. The van der Waals surface area contributed by atoms with Crippen molar-refractivity contribution in [3.05, 3.63) is 40.1 Å². The highest BCUT2D eigenvalue weighted by Crippen LogP contribution is 2.35. The van der Waals surface area contributed by atoms with Crippen LogP contribution in [-0.4, -0.2) is 21.7 Å². The summed E-state index contributed by atoms with van der Waals surface area (Å²) in [5.74, 6) is -0.273. The molecule has 0 atom stereocenters. The summed E-state index contributed by atoms with van der Waals surface area (Å²) in [7, 11) is 0. The summed E-state index contributed by atoms with van der Waals surface area (Å²) < 4.78 is 57.6. The standard InChI is InChI=1S/C14H12ClF4N3O2/c15-9-10(12(16)17)21-22(11(9)13(18)19)5-7-3-4-8(24-7)14(23)20-6-1-2-6/h3-4,6,12-13H,1-2,5H2,(H,20,23). The number of hydrogen-bond acceptors (Lipinski definition) is 3. The van der Waals surface area contributed by atoms with Crippen molar-refractivity contribution in [1.29, 1.82) is 0 Å². The number of carbonyl (C=O) groups excluding carboxylic acids is 1. The summed E-state index contributed by atoms with van der Waals surface area (Å²) in [4.78, 5) is 11.8. The molecule has 0 unspecified atom stereocenters. The molecule has 3 rings (SSSR count). The van der Waals surface area contributed by atoms with Crippen molar-refractivity contribution in [3.63, 3.8) is 0 Å². The zero-order valence-corrected chi connectivity index (χ0v) is 12.9. The van der Waals surface area contributed by atoms with Gasteiger partial charge in [0.25, 0.3) is 18.8 Å². The molecule has 2 aromatic heterocycles. The van der Waals surface area contributed by atoms with Crippen LogP contribution < -0.4 is 5.32 Å². The molecule has 2 aromatic rings. The van der Waals surface area contributed by atoms with Crippen LogP contribution in [0.3, 0.4) is 0 Å². The fourth-order valence-electron chi connectivity index (χ4n) is 2.16. The Balaban J connectivity index is 1.81. The maximum atomic E-state index is 13.1. The summed E-state index contributed by atoms with van der Waals surface area (Å²) in [6.45, 7) is -0.344. The molecule has 24 heavy (non-hydrogen) atoms. The predicted octanol–water partition coefficient (Wildman–Crippen LogP) is 3.95. The van der Waals surface area contributed by atoms with Crippen LogP contribution >= 0.6 is 11.6 Å². The first-order valence-electron chi connectivity index (χ1n) is 7.08. The molecule has 1 aliphatic rings. The number of hydrogen-bond donors (Lipinski definition) is 1. The molecule has 5 nitrogen and oxygen atoms in total. The molecule has 0 saturated heterocycles. The van der Waals surface area contributed by atoms with Gasteiger partial charge in [-0.25, -0.2) is 17.6 Å². The van der Waals surface area contributed by atoms with Crippen molar-refractivity contribution in [2.24, 2.45) is 0 Å². The van der Waals surface area contributed by atoms with Crippen molar-refractivity contribution < 1.29 is 26.8 Å². The van der Waals surface area contributed by atoms with E-state index in [2.05, 4.69) is 10.4 Å². The maximum absolute atomic E-state index is 13.1. The number of nitrogens with one attached hydrogen (secondary N) is 1. The second-order valence-electron chi connectivity index (χ2n) is 5.36. The lowest BCUT2D eigenvalue weighted by Crippen LogP contribution is -2.24. The number of amides is 1. The van der Waals surface area contributed by atoms with E-state index >= 15 is 0 Å². The lowest BCUT2D eigenvalue weighted by atomic mass is 10.3. The Hall–Kier alpha value is -2.03. The Kier molecular flexibility index (Phi) is 4.53. The molecule has 130 valence electrons. The van der Waals surface area contributed by atoms with E-state index in [0.717, 1.165) is 12.8 Å². The first-order valence-corrected chi connectivity index (χ1v) is 7.46. The fourth-order valence-corrected chi connectivity index (χ4v) is 2.46. The van der Waals surface area contributed by atoms with Crippen LogP contribution in [0.4, 0.5) is 17.6 Å². The van der Waals surface area contributed by atoms with Crippen molar-refractivity contribution in [3.8, 4) is 0 Å². The summed E-state index contributed by atoms with van der Waals surface area (Å²) in [5.41, 5.74) is -1.72. The molecule has 1 saturated carbocycles. The first-order chi connectivity index (χ1) is 11.4. The Morgan fingerprint density at radius 1 is 1.33 bits per heavy atom. The van der Waals surface area contributed by atoms with Crippen LogP contribution in [0.2, 0.25) is 5.02 Å². The lowest BCUT2D eigenvalue weighted by molar-refractivity contribution is 0.0920. The van der Waals surface area contributed by atoms with Crippen LogP contribution in [-0.2, 0) is 6.54 Å². The third-order valence-corrected chi connectivity index (χ3v) is 3.86. The van der Waals surface area contributed by atoms with Crippen LogP contribution in [0.5, 0.6) is 0 Å². The van der Waals surface area contributed by atoms with E-state index in [-0.39, 0.29) is 24.1 Å². The van der Waals surface area contributed by atoms with Gasteiger partial charge in [-0.05, 0) is 25.0 Å². The van der Waals surface area contributed by atoms with Gasteiger partial charge >= 0.3 is 0 Å². The minimum atomic E-state index is -3.08. The van der Waals surface area contributed by atoms with Gasteiger partial charge in [0, 0.05) is 6.04 Å². The van der Waals surface area contributed by atoms with Crippen molar-refractivity contribution in [2.75, 3.05) is 0 Å². The van der Waals surface area contributed by atoms with Crippen molar-refractivity contribution in [1.82, 2.24) is 15.1 Å². The van der Waals surface area contributed by atoms with Gasteiger partial charge in [0.05, 0.1) is 11.6 Å². The van der Waals surface area contributed by atoms with Crippen molar-refractivity contribution in [2.45, 2.75) is 38.3 Å². The van der Waals surface area contributed by atoms with Gasteiger partial charge in [-0.15, -0.1) is 0 Å². The van der Waals surface area contributed by atoms with Gasteiger partial charge in [-0.3, -0.25) is 9.48 Å². The van der Waals surface area contributed by atoms with E-state index in [9.17, 15) is 22.4 Å². The topological polar surface area (TPSA) is 60.1 Å². The zero-order valence-electron chi connectivity index (χ0n) is 12.1. The highest BCUT2D eigenvalue weighted by molar-refractivity contribution is 6.32. The largest absolute Gasteiger partial charge is 0.454 e. The number of rotatable bonds is 6.